The maximum absolute atomic E-state index is 15.0. The van der Waals surface area contributed by atoms with Gasteiger partial charge in [0.05, 0.1) is 37.7 Å². The highest BCUT2D eigenvalue weighted by molar-refractivity contribution is 6.10. The molecule has 5 rings (SSSR count). The predicted molar refractivity (Wildman–Crippen MR) is 135 cm³/mol. The van der Waals surface area contributed by atoms with Crippen LogP contribution in [0.3, 0.4) is 0 Å². The Kier molecular flexibility index (Phi) is 7.14. The number of ether oxygens (including phenoxy) is 2. The zero-order chi connectivity index (χ0) is 25.8. The predicted octanol–water partition coefficient (Wildman–Crippen LogP) is 3.97. The third-order valence-corrected chi connectivity index (χ3v) is 6.39. The minimum atomic E-state index is -0.783. The Bertz CT molecular complexity index is 1230. The fourth-order valence-electron chi connectivity index (χ4n) is 4.49. The second-order valence-corrected chi connectivity index (χ2v) is 8.80. The molecular formula is C28H26FN3O5. The molecule has 8 nitrogen and oxygen atoms in total. The molecule has 2 fully saturated rings. The highest BCUT2D eigenvalue weighted by Crippen LogP contribution is 2.29. The van der Waals surface area contributed by atoms with Gasteiger partial charge in [0, 0.05) is 24.2 Å². The van der Waals surface area contributed by atoms with E-state index >= 15 is 0 Å². The smallest absolute Gasteiger partial charge is 0.414 e. The van der Waals surface area contributed by atoms with Gasteiger partial charge in [-0.3, -0.25) is 19.4 Å². The van der Waals surface area contributed by atoms with Crippen molar-refractivity contribution in [2.75, 3.05) is 49.2 Å². The number of carbonyl (C=O) groups excluding carboxylic acids is 3. The Hall–Kier alpha value is -4.24. The van der Waals surface area contributed by atoms with Gasteiger partial charge in [-0.2, -0.15) is 0 Å². The third kappa shape index (κ3) is 5.31. The molecule has 3 amide bonds. The molecule has 1 atom stereocenters. The summed E-state index contributed by atoms with van der Waals surface area (Å²) in [5, 5.41) is 0. The number of rotatable bonds is 6. The van der Waals surface area contributed by atoms with Crippen LogP contribution in [0.4, 0.5) is 20.6 Å². The third-order valence-electron chi connectivity index (χ3n) is 6.39. The standard InChI is InChI=1S/C28H26FN3O5/c29-24-17-22(11-12-25(24)30-13-15-36-16-14-30)31-18-23(37-28(31)35)19-32(26(33)20-7-3-1-4-8-20)27(34)21-9-5-2-6-10-21/h1-12,17,23H,13-16,18-19H2/t23-/m1/s1. The molecule has 2 aliphatic heterocycles. The van der Waals surface area contributed by atoms with Crippen molar-refractivity contribution >= 4 is 29.3 Å². The number of anilines is 2. The van der Waals surface area contributed by atoms with E-state index in [-0.39, 0.29) is 13.1 Å². The number of cyclic esters (lactones) is 1. The van der Waals surface area contributed by atoms with Gasteiger partial charge < -0.3 is 14.4 Å². The van der Waals surface area contributed by atoms with Gasteiger partial charge in [-0.25, -0.2) is 9.18 Å². The van der Waals surface area contributed by atoms with Crippen LogP contribution in [0.15, 0.2) is 78.9 Å². The van der Waals surface area contributed by atoms with Gasteiger partial charge >= 0.3 is 6.09 Å². The Labute approximate surface area is 213 Å². The molecule has 0 aliphatic carbocycles. The van der Waals surface area contributed by atoms with Crippen molar-refractivity contribution in [3.8, 4) is 0 Å². The van der Waals surface area contributed by atoms with Gasteiger partial charge in [0.15, 0.2) is 0 Å². The quantitative estimate of drug-likeness (QED) is 0.474. The largest absolute Gasteiger partial charge is 0.442 e. The van der Waals surface area contributed by atoms with Crippen LogP contribution in [0.1, 0.15) is 20.7 Å². The molecule has 0 spiro atoms. The van der Waals surface area contributed by atoms with Gasteiger partial charge in [-0.15, -0.1) is 0 Å². The summed E-state index contributed by atoms with van der Waals surface area (Å²) < 4.78 is 25.8. The zero-order valence-corrected chi connectivity index (χ0v) is 20.1. The molecule has 0 saturated carbocycles. The number of benzene rings is 3. The molecule has 3 aromatic carbocycles. The first-order valence-corrected chi connectivity index (χ1v) is 12.1. The fourth-order valence-corrected chi connectivity index (χ4v) is 4.49. The number of imide groups is 1. The molecule has 2 aliphatic rings. The van der Waals surface area contributed by atoms with Crippen LogP contribution < -0.4 is 9.80 Å². The molecule has 0 bridgehead atoms. The molecule has 0 radical (unpaired) electrons. The van der Waals surface area contributed by atoms with Crippen molar-refractivity contribution < 1.29 is 28.2 Å². The summed E-state index contributed by atoms with van der Waals surface area (Å²) in [7, 11) is 0. The molecule has 0 N–H and O–H groups in total. The normalized spacial score (nSPS) is 17.4. The van der Waals surface area contributed by atoms with Gasteiger partial charge in [-0.1, -0.05) is 36.4 Å². The number of halogens is 1. The zero-order valence-electron chi connectivity index (χ0n) is 20.1. The second-order valence-electron chi connectivity index (χ2n) is 8.80. The van der Waals surface area contributed by atoms with E-state index in [9.17, 15) is 18.8 Å². The number of carbonyl (C=O) groups is 3. The molecule has 3 aromatic rings. The van der Waals surface area contributed by atoms with E-state index in [1.54, 1.807) is 72.8 Å². The van der Waals surface area contributed by atoms with Crippen LogP contribution in [0, 0.1) is 5.82 Å². The van der Waals surface area contributed by atoms with Crippen molar-refractivity contribution in [3.63, 3.8) is 0 Å². The van der Waals surface area contributed by atoms with E-state index in [0.717, 1.165) is 4.90 Å². The number of nitrogens with zero attached hydrogens (tertiary/aromatic N) is 3. The Morgan fingerprint density at radius 1 is 0.892 bits per heavy atom. The number of amides is 3. The minimum Gasteiger partial charge on any atom is -0.442 e. The summed E-state index contributed by atoms with van der Waals surface area (Å²) in [5.74, 6) is -1.44. The SMILES string of the molecule is O=C(c1ccccc1)N(C[C@H]1CN(c2ccc(N3CCOCC3)c(F)c2)C(=O)O1)C(=O)c1ccccc1. The van der Waals surface area contributed by atoms with Crippen LogP contribution in [0.25, 0.3) is 0 Å². The van der Waals surface area contributed by atoms with Crippen LogP contribution in [0.5, 0.6) is 0 Å². The van der Waals surface area contributed by atoms with E-state index in [1.807, 2.05) is 4.90 Å². The molecule has 0 unspecified atom stereocenters. The molecule has 190 valence electrons. The van der Waals surface area contributed by atoms with Crippen molar-refractivity contribution in [1.29, 1.82) is 0 Å². The molecule has 2 heterocycles. The number of hydrogen-bond acceptors (Lipinski definition) is 6. The monoisotopic (exact) mass is 503 g/mol. The van der Waals surface area contributed by atoms with Crippen LogP contribution in [-0.4, -0.2) is 68.3 Å². The first-order valence-electron chi connectivity index (χ1n) is 12.1. The summed E-state index contributed by atoms with van der Waals surface area (Å²) in [4.78, 5) is 43.6. The van der Waals surface area contributed by atoms with Crippen molar-refractivity contribution in [3.05, 3.63) is 95.8 Å². The summed E-state index contributed by atoms with van der Waals surface area (Å²) in [6.07, 6.45) is -1.45. The molecule has 2 saturated heterocycles. The van der Waals surface area contributed by atoms with Crippen molar-refractivity contribution in [2.24, 2.45) is 0 Å². The first kappa shape index (κ1) is 24.5. The average molecular weight is 504 g/mol. The minimum absolute atomic E-state index is 0.0653. The lowest BCUT2D eigenvalue weighted by Crippen LogP contribution is -2.43. The van der Waals surface area contributed by atoms with Gasteiger partial charge in [0.2, 0.25) is 0 Å². The van der Waals surface area contributed by atoms with E-state index in [4.69, 9.17) is 9.47 Å². The van der Waals surface area contributed by atoms with Gasteiger partial charge in [-0.05, 0) is 42.5 Å². The van der Waals surface area contributed by atoms with Gasteiger partial charge in [0.1, 0.15) is 11.9 Å². The topological polar surface area (TPSA) is 79.4 Å². The lowest BCUT2D eigenvalue weighted by Gasteiger charge is -2.29. The van der Waals surface area contributed by atoms with E-state index in [0.29, 0.717) is 48.8 Å². The fraction of sp³-hybridized carbons (Fsp3) is 0.250. The van der Waals surface area contributed by atoms with Crippen LogP contribution in [-0.2, 0) is 9.47 Å². The van der Waals surface area contributed by atoms with Crippen LogP contribution >= 0.6 is 0 Å². The summed E-state index contributed by atoms with van der Waals surface area (Å²) in [6.45, 7) is 2.16. The van der Waals surface area contributed by atoms with Gasteiger partial charge in [0.25, 0.3) is 11.8 Å². The lowest BCUT2D eigenvalue weighted by molar-refractivity contribution is 0.0522. The number of morpholine rings is 1. The Morgan fingerprint density at radius 3 is 2.05 bits per heavy atom. The average Bonchev–Trinajstić information content (AvgIpc) is 3.32. The van der Waals surface area contributed by atoms with Crippen molar-refractivity contribution in [2.45, 2.75) is 6.10 Å². The highest BCUT2D eigenvalue weighted by atomic mass is 19.1. The maximum Gasteiger partial charge on any atom is 0.414 e. The van der Waals surface area contributed by atoms with Crippen molar-refractivity contribution in [1.82, 2.24) is 4.90 Å². The van der Waals surface area contributed by atoms with E-state index in [1.165, 1.54) is 11.0 Å². The first-order chi connectivity index (χ1) is 18.0. The molecule has 37 heavy (non-hydrogen) atoms. The Morgan fingerprint density at radius 2 is 1.49 bits per heavy atom. The summed E-state index contributed by atoms with van der Waals surface area (Å²) in [6, 6.07) is 21.5. The highest BCUT2D eigenvalue weighted by Gasteiger charge is 2.37. The second kappa shape index (κ2) is 10.8. The summed E-state index contributed by atoms with van der Waals surface area (Å²) in [5.41, 5.74) is 1.48. The molecule has 0 aromatic heterocycles. The Balaban J connectivity index is 1.34. The van der Waals surface area contributed by atoms with E-state index in [2.05, 4.69) is 0 Å². The summed E-state index contributed by atoms with van der Waals surface area (Å²) >= 11 is 0. The molecule has 9 heteroatoms. The maximum atomic E-state index is 15.0. The van der Waals surface area contributed by atoms with E-state index < -0.39 is 29.8 Å². The lowest BCUT2D eigenvalue weighted by atomic mass is 10.1. The van der Waals surface area contributed by atoms with Crippen LogP contribution in [0.2, 0.25) is 0 Å². The number of hydrogen-bond donors (Lipinski definition) is 0. The molecular weight excluding hydrogens is 477 g/mol.